The van der Waals surface area contributed by atoms with Crippen LogP contribution in [0.15, 0.2) is 43.4 Å². The van der Waals surface area contributed by atoms with Crippen LogP contribution in [0.5, 0.6) is 23.3 Å². The van der Waals surface area contributed by atoms with Gasteiger partial charge in [0.2, 0.25) is 11.8 Å². The third-order valence-corrected chi connectivity index (χ3v) is 9.84. The summed E-state index contributed by atoms with van der Waals surface area (Å²) in [5.74, 6) is 1.13. The Bertz CT molecular complexity index is 2330. The fourth-order valence-corrected chi connectivity index (χ4v) is 7.78. The maximum absolute atomic E-state index is 12.1. The molecule has 7 rings (SSSR count). The third kappa shape index (κ3) is 7.64. The minimum Gasteiger partial charge on any atom is -0.434 e. The van der Waals surface area contributed by atoms with Crippen LogP contribution < -0.4 is 31.8 Å². The van der Waals surface area contributed by atoms with Gasteiger partial charge < -0.3 is 9.47 Å². The summed E-state index contributed by atoms with van der Waals surface area (Å²) in [7, 11) is 0. The van der Waals surface area contributed by atoms with Crippen LogP contribution in [0.4, 0.5) is 0 Å². The topological polar surface area (TPSA) is 178 Å². The molecule has 3 aromatic heterocycles. The van der Waals surface area contributed by atoms with Gasteiger partial charge in [-0.25, -0.2) is 15.0 Å². The summed E-state index contributed by atoms with van der Waals surface area (Å²) in [6, 6.07) is 6.41. The van der Waals surface area contributed by atoms with Gasteiger partial charge in [0.15, 0.2) is 11.5 Å². The molecule has 2 aromatic carbocycles. The number of halogens is 5. The first kappa shape index (κ1) is 36.1. The van der Waals surface area contributed by atoms with Crippen molar-refractivity contribution in [2.75, 3.05) is 0 Å². The number of nitrogens with zero attached hydrogens (tertiary/aromatic N) is 4. The molecule has 0 aliphatic heterocycles. The van der Waals surface area contributed by atoms with Gasteiger partial charge >= 0.3 is 5.69 Å². The van der Waals surface area contributed by atoms with Crippen LogP contribution in [0.2, 0.25) is 20.1 Å². The van der Waals surface area contributed by atoms with Crippen molar-refractivity contribution in [3.05, 3.63) is 117 Å². The van der Waals surface area contributed by atoms with Crippen molar-refractivity contribution < 1.29 is 9.47 Å². The Hall–Kier alpha value is -3.70. The summed E-state index contributed by atoms with van der Waals surface area (Å²) in [6.07, 6.45) is 6.73. The molecular weight excluding hydrogens is 847 g/mol. The standard InChI is InChI=1S/C18H15Cl2N5O4.C14H11Cl2IN2O2/c1-8-15(26)21-18(28)25(24-8)9-6-12(19)14(13(20)7-9)29-17-11-5-3-2-4-10(11)16(27)22-23-17;15-10-5-7(17)6-11(16)12(10)21-14-9-4-2-1-3-8(9)13(20)18-19-14/h6-7H,2-5H2,1H3,(H,22,27)(H,21,26,28);5-6H,1-4H2,(H,18,20). The molecule has 0 saturated heterocycles. The molecule has 0 atom stereocenters. The first-order chi connectivity index (χ1) is 23.9. The summed E-state index contributed by atoms with van der Waals surface area (Å²) in [4.78, 5) is 49.6. The Kier molecular flexibility index (Phi) is 11.0. The van der Waals surface area contributed by atoms with Crippen molar-refractivity contribution >= 4 is 69.0 Å². The molecule has 3 heterocycles. The lowest BCUT2D eigenvalue weighted by Gasteiger charge is -2.18. The largest absolute Gasteiger partial charge is 0.434 e. The van der Waals surface area contributed by atoms with Crippen molar-refractivity contribution in [1.29, 1.82) is 0 Å². The number of aryl methyl sites for hydroxylation is 1. The van der Waals surface area contributed by atoms with Crippen LogP contribution in [0.3, 0.4) is 0 Å². The second kappa shape index (κ2) is 15.3. The summed E-state index contributed by atoms with van der Waals surface area (Å²) < 4.78 is 13.6. The maximum Gasteiger partial charge on any atom is 0.349 e. The van der Waals surface area contributed by atoms with Gasteiger partial charge in [-0.15, -0.1) is 10.2 Å². The van der Waals surface area contributed by atoms with Crippen molar-refractivity contribution in [2.24, 2.45) is 0 Å². The van der Waals surface area contributed by atoms with Gasteiger partial charge in [0.25, 0.3) is 16.7 Å². The molecule has 260 valence electrons. The second-order valence-electron chi connectivity index (χ2n) is 11.4. The van der Waals surface area contributed by atoms with Crippen LogP contribution in [0.25, 0.3) is 5.69 Å². The summed E-state index contributed by atoms with van der Waals surface area (Å²) in [5.41, 5.74) is 1.72. The molecule has 0 unspecified atom stereocenters. The average molecular weight is 873 g/mol. The zero-order chi connectivity index (χ0) is 35.7. The van der Waals surface area contributed by atoms with Crippen LogP contribution in [0, 0.1) is 10.5 Å². The van der Waals surface area contributed by atoms with Crippen LogP contribution >= 0.6 is 69.0 Å². The molecule has 2 aliphatic rings. The molecule has 0 radical (unpaired) electrons. The van der Waals surface area contributed by atoms with E-state index < -0.39 is 11.2 Å². The lowest BCUT2D eigenvalue weighted by atomic mass is 9.94. The van der Waals surface area contributed by atoms with Gasteiger partial charge in [-0.3, -0.25) is 19.4 Å². The third-order valence-electron chi connectivity index (χ3n) is 8.10. The molecular formula is C32H26Cl4IN7O6. The average Bonchev–Trinajstić information content (AvgIpc) is 3.08. The van der Waals surface area contributed by atoms with E-state index in [1.807, 2.05) is 0 Å². The van der Waals surface area contributed by atoms with Gasteiger partial charge in [0.05, 0.1) is 25.8 Å². The van der Waals surface area contributed by atoms with Crippen molar-refractivity contribution in [1.82, 2.24) is 35.2 Å². The van der Waals surface area contributed by atoms with Crippen LogP contribution in [-0.4, -0.2) is 35.2 Å². The number of fused-ring (bicyclic) bond motifs is 2. The SMILES string of the molecule is Cc1nn(-c2cc(Cl)c(Oc3n[nH]c(=O)c4c3CCCC4)c(Cl)c2)c(=O)[nH]c1=O.O=c1[nH]nc(Oc2c(Cl)cc(I)cc2Cl)c2c1CCCC2. The van der Waals surface area contributed by atoms with Gasteiger partial charge in [0.1, 0.15) is 5.69 Å². The number of hydrogen-bond acceptors (Lipinski definition) is 9. The molecule has 50 heavy (non-hydrogen) atoms. The van der Waals surface area contributed by atoms with E-state index in [1.54, 1.807) is 12.1 Å². The summed E-state index contributed by atoms with van der Waals surface area (Å²) in [5, 5.41) is 18.0. The van der Waals surface area contributed by atoms with E-state index in [4.69, 9.17) is 55.9 Å². The Balaban J connectivity index is 0.000000182. The Morgan fingerprint density at radius 3 is 1.54 bits per heavy atom. The Labute approximate surface area is 316 Å². The zero-order valence-electron chi connectivity index (χ0n) is 26.1. The molecule has 0 spiro atoms. The van der Waals surface area contributed by atoms with Gasteiger partial charge in [-0.2, -0.15) is 9.78 Å². The van der Waals surface area contributed by atoms with E-state index in [9.17, 15) is 19.2 Å². The van der Waals surface area contributed by atoms with E-state index in [0.717, 1.165) is 63.5 Å². The quantitative estimate of drug-likeness (QED) is 0.163. The number of hydrogen-bond donors (Lipinski definition) is 3. The fourth-order valence-electron chi connectivity index (χ4n) is 5.67. The van der Waals surface area contributed by atoms with Crippen molar-refractivity contribution in [2.45, 2.75) is 58.3 Å². The molecule has 2 aliphatic carbocycles. The van der Waals surface area contributed by atoms with Crippen molar-refractivity contribution in [3.63, 3.8) is 0 Å². The predicted octanol–water partition coefficient (Wildman–Crippen LogP) is 6.64. The molecule has 3 N–H and O–H groups in total. The van der Waals surface area contributed by atoms with Gasteiger partial charge in [0, 0.05) is 25.8 Å². The second-order valence-corrected chi connectivity index (χ2v) is 14.3. The molecule has 0 saturated carbocycles. The molecule has 0 fully saturated rings. The first-order valence-corrected chi connectivity index (χ1v) is 17.9. The number of aromatic amines is 3. The highest BCUT2D eigenvalue weighted by Crippen LogP contribution is 2.40. The number of ether oxygens (including phenoxy) is 2. The maximum atomic E-state index is 12.1. The van der Waals surface area contributed by atoms with E-state index in [1.165, 1.54) is 19.1 Å². The van der Waals surface area contributed by atoms with Gasteiger partial charge in [-0.05, 0) is 105 Å². The number of nitrogens with one attached hydrogen (secondary N) is 3. The zero-order valence-corrected chi connectivity index (χ0v) is 31.3. The minimum atomic E-state index is -0.724. The predicted molar refractivity (Wildman–Crippen MR) is 198 cm³/mol. The van der Waals surface area contributed by atoms with Crippen LogP contribution in [0.1, 0.15) is 53.6 Å². The highest BCUT2D eigenvalue weighted by atomic mass is 127. The molecule has 18 heteroatoms. The molecule has 13 nitrogen and oxygen atoms in total. The monoisotopic (exact) mass is 871 g/mol. The van der Waals surface area contributed by atoms with Crippen LogP contribution in [-0.2, 0) is 25.7 Å². The first-order valence-electron chi connectivity index (χ1n) is 15.3. The molecule has 0 bridgehead atoms. The Morgan fingerprint density at radius 2 is 1.08 bits per heavy atom. The van der Waals surface area contributed by atoms with E-state index in [-0.39, 0.29) is 44.2 Å². The van der Waals surface area contributed by atoms with E-state index in [0.29, 0.717) is 40.1 Å². The normalized spacial score (nSPS) is 13.5. The van der Waals surface area contributed by atoms with Crippen molar-refractivity contribution in [3.8, 4) is 28.9 Å². The number of benzene rings is 2. The van der Waals surface area contributed by atoms with E-state index in [2.05, 4.69) is 53.1 Å². The summed E-state index contributed by atoms with van der Waals surface area (Å²) in [6.45, 7) is 1.47. The summed E-state index contributed by atoms with van der Waals surface area (Å²) >= 11 is 27.2. The van der Waals surface area contributed by atoms with Gasteiger partial charge in [-0.1, -0.05) is 46.4 Å². The number of rotatable bonds is 5. The molecule has 5 aromatic rings. The number of aromatic nitrogens is 7. The fraction of sp³-hybridized carbons (Fsp3) is 0.281. The smallest absolute Gasteiger partial charge is 0.349 e. The lowest BCUT2D eigenvalue weighted by Crippen LogP contribution is -2.32. The highest BCUT2D eigenvalue weighted by molar-refractivity contribution is 14.1. The highest BCUT2D eigenvalue weighted by Gasteiger charge is 2.23. The molecule has 0 amide bonds. The lowest BCUT2D eigenvalue weighted by molar-refractivity contribution is 0.440. The minimum absolute atomic E-state index is 0.112. The number of H-pyrrole nitrogens is 3. The van der Waals surface area contributed by atoms with E-state index >= 15 is 0 Å². The Morgan fingerprint density at radius 1 is 0.660 bits per heavy atom.